The van der Waals surface area contributed by atoms with Crippen molar-refractivity contribution in [3.63, 3.8) is 0 Å². The van der Waals surface area contributed by atoms with Crippen LogP contribution in [0.25, 0.3) is 11.4 Å². The Morgan fingerprint density at radius 3 is 2.65 bits per heavy atom. The van der Waals surface area contributed by atoms with Gasteiger partial charge in [0, 0.05) is 20.4 Å². The van der Waals surface area contributed by atoms with Gasteiger partial charge in [0.1, 0.15) is 5.69 Å². The summed E-state index contributed by atoms with van der Waals surface area (Å²) in [6.45, 7) is -0.0745. The molecule has 0 radical (unpaired) electrons. The number of carbonyl (C=O) groups is 1. The predicted molar refractivity (Wildman–Crippen MR) is 99.4 cm³/mol. The quantitative estimate of drug-likeness (QED) is 0.569. The zero-order chi connectivity index (χ0) is 22.6. The van der Waals surface area contributed by atoms with E-state index in [0.29, 0.717) is 5.69 Å². The van der Waals surface area contributed by atoms with Gasteiger partial charge in [-0.2, -0.15) is 0 Å². The van der Waals surface area contributed by atoms with E-state index >= 15 is 0 Å². The third kappa shape index (κ3) is 5.34. The van der Waals surface area contributed by atoms with Gasteiger partial charge in [0.05, 0.1) is 18.3 Å². The molecule has 0 aliphatic carbocycles. The van der Waals surface area contributed by atoms with Crippen LogP contribution in [0.3, 0.4) is 0 Å². The van der Waals surface area contributed by atoms with Gasteiger partial charge in [-0.1, -0.05) is 17.3 Å². The van der Waals surface area contributed by atoms with E-state index in [1.54, 1.807) is 18.2 Å². The van der Waals surface area contributed by atoms with Crippen LogP contribution in [0.15, 0.2) is 42.6 Å². The molecule has 0 bridgehead atoms. The first-order valence-corrected chi connectivity index (χ1v) is 8.85. The molecular formula is C19H17F4N5O3. The van der Waals surface area contributed by atoms with Crippen molar-refractivity contribution in [3.05, 3.63) is 59.7 Å². The lowest BCUT2D eigenvalue weighted by atomic mass is 10.1. The standard InChI is InChI=1S/C19H17F4N5O3/c1-28-17(16(26-27-28)13-5-3-4-8-24-13)18(29)25-14(10-30-2)11-6-7-15(12(20)9-11)31-19(21,22)23/h3-9,14H,10H2,1-2H3,(H,25,29). The lowest BCUT2D eigenvalue weighted by molar-refractivity contribution is -0.275. The number of hydrogen-bond donors (Lipinski definition) is 1. The molecule has 3 rings (SSSR count). The number of benzene rings is 1. The Bertz CT molecular complexity index is 1060. The molecule has 1 atom stereocenters. The summed E-state index contributed by atoms with van der Waals surface area (Å²) in [5, 5.41) is 10.5. The van der Waals surface area contributed by atoms with Crippen molar-refractivity contribution in [2.45, 2.75) is 12.4 Å². The summed E-state index contributed by atoms with van der Waals surface area (Å²) in [7, 11) is 2.88. The monoisotopic (exact) mass is 439 g/mol. The van der Waals surface area contributed by atoms with Crippen molar-refractivity contribution in [1.29, 1.82) is 0 Å². The first-order valence-electron chi connectivity index (χ1n) is 8.85. The lowest BCUT2D eigenvalue weighted by Gasteiger charge is -2.19. The van der Waals surface area contributed by atoms with Gasteiger partial charge >= 0.3 is 6.36 Å². The Labute approximate surface area is 173 Å². The maximum atomic E-state index is 14.1. The number of aromatic nitrogens is 4. The van der Waals surface area contributed by atoms with E-state index in [-0.39, 0.29) is 23.6 Å². The number of methoxy groups -OCH3 is 1. The highest BCUT2D eigenvalue weighted by Gasteiger charge is 2.32. The van der Waals surface area contributed by atoms with E-state index in [1.807, 2.05) is 0 Å². The topological polar surface area (TPSA) is 91.2 Å². The van der Waals surface area contributed by atoms with Gasteiger partial charge in [-0.25, -0.2) is 9.07 Å². The molecule has 0 aliphatic heterocycles. The number of carbonyl (C=O) groups excluding carboxylic acids is 1. The Morgan fingerprint density at radius 2 is 2.03 bits per heavy atom. The molecule has 2 aromatic heterocycles. The van der Waals surface area contributed by atoms with Crippen molar-refractivity contribution >= 4 is 5.91 Å². The predicted octanol–water partition coefficient (Wildman–Crippen LogP) is 3.03. The average molecular weight is 439 g/mol. The Morgan fingerprint density at radius 1 is 1.26 bits per heavy atom. The number of nitrogens with one attached hydrogen (secondary N) is 1. The summed E-state index contributed by atoms with van der Waals surface area (Å²) >= 11 is 0. The number of aryl methyl sites for hydroxylation is 1. The van der Waals surface area contributed by atoms with Gasteiger partial charge in [0.15, 0.2) is 17.3 Å². The van der Waals surface area contributed by atoms with E-state index in [2.05, 4.69) is 25.3 Å². The van der Waals surface area contributed by atoms with Crippen LogP contribution < -0.4 is 10.1 Å². The van der Waals surface area contributed by atoms with Crippen LogP contribution in [0.1, 0.15) is 22.1 Å². The van der Waals surface area contributed by atoms with Crippen LogP contribution in [-0.4, -0.2) is 46.0 Å². The minimum absolute atomic E-state index is 0.0745. The second-order valence-electron chi connectivity index (χ2n) is 6.34. The van der Waals surface area contributed by atoms with Gasteiger partial charge in [0.2, 0.25) is 0 Å². The largest absolute Gasteiger partial charge is 0.573 e. The molecule has 0 spiro atoms. The molecule has 3 aromatic rings. The normalized spacial score (nSPS) is 12.5. The molecule has 31 heavy (non-hydrogen) atoms. The number of hydrogen-bond acceptors (Lipinski definition) is 6. The zero-order valence-corrected chi connectivity index (χ0v) is 16.4. The Balaban J connectivity index is 1.87. The van der Waals surface area contributed by atoms with Gasteiger partial charge < -0.3 is 14.8 Å². The summed E-state index contributed by atoms with van der Waals surface area (Å²) in [6, 6.07) is 7.08. The van der Waals surface area contributed by atoms with Crippen molar-refractivity contribution in [3.8, 4) is 17.1 Å². The Kier molecular flexibility index (Phi) is 6.49. The molecule has 12 heteroatoms. The fraction of sp³-hybridized carbons (Fsp3) is 0.263. The number of ether oxygens (including phenoxy) is 2. The zero-order valence-electron chi connectivity index (χ0n) is 16.4. The van der Waals surface area contributed by atoms with Gasteiger partial charge in [-0.15, -0.1) is 18.3 Å². The van der Waals surface area contributed by atoms with Gasteiger partial charge in [0.25, 0.3) is 5.91 Å². The summed E-state index contributed by atoms with van der Waals surface area (Å²) < 4.78 is 61.2. The third-order valence-electron chi connectivity index (χ3n) is 4.17. The molecule has 0 aliphatic rings. The van der Waals surface area contributed by atoms with Crippen molar-refractivity contribution in [2.24, 2.45) is 7.05 Å². The number of alkyl halides is 3. The van der Waals surface area contributed by atoms with Crippen LogP contribution >= 0.6 is 0 Å². The van der Waals surface area contributed by atoms with Gasteiger partial charge in [-0.05, 0) is 29.8 Å². The molecule has 0 fully saturated rings. The molecule has 164 valence electrons. The molecule has 0 saturated carbocycles. The van der Waals surface area contributed by atoms with Crippen molar-refractivity contribution in [2.75, 3.05) is 13.7 Å². The maximum Gasteiger partial charge on any atom is 0.573 e. The van der Waals surface area contributed by atoms with E-state index < -0.39 is 29.9 Å². The molecule has 0 saturated heterocycles. The average Bonchev–Trinajstić information content (AvgIpc) is 3.10. The van der Waals surface area contributed by atoms with Crippen LogP contribution in [-0.2, 0) is 11.8 Å². The SMILES string of the molecule is COCC(NC(=O)c1c(-c2ccccn2)nnn1C)c1ccc(OC(F)(F)F)c(F)c1. The lowest BCUT2D eigenvalue weighted by Crippen LogP contribution is -2.33. The summed E-state index contributed by atoms with van der Waals surface area (Å²) in [5.74, 6) is -2.82. The molecule has 1 N–H and O–H groups in total. The van der Waals surface area contributed by atoms with Gasteiger partial charge in [-0.3, -0.25) is 9.78 Å². The van der Waals surface area contributed by atoms with Crippen molar-refractivity contribution in [1.82, 2.24) is 25.3 Å². The minimum atomic E-state index is -5.03. The number of rotatable bonds is 7. The number of pyridine rings is 1. The summed E-state index contributed by atoms with van der Waals surface area (Å²) in [5.41, 5.74) is 0.926. The van der Waals surface area contributed by atoms with E-state index in [0.717, 1.165) is 12.1 Å². The highest BCUT2D eigenvalue weighted by molar-refractivity contribution is 5.98. The second-order valence-corrected chi connectivity index (χ2v) is 6.34. The van der Waals surface area contributed by atoms with Crippen LogP contribution in [0.4, 0.5) is 17.6 Å². The molecule has 1 unspecified atom stereocenters. The highest BCUT2D eigenvalue weighted by Crippen LogP contribution is 2.28. The second kappa shape index (κ2) is 9.08. The third-order valence-corrected chi connectivity index (χ3v) is 4.17. The first kappa shape index (κ1) is 22.2. The van der Waals surface area contributed by atoms with E-state index in [9.17, 15) is 22.4 Å². The fourth-order valence-corrected chi connectivity index (χ4v) is 2.84. The number of amides is 1. The number of halogens is 4. The van der Waals surface area contributed by atoms with E-state index in [1.165, 1.54) is 31.1 Å². The fourth-order valence-electron chi connectivity index (χ4n) is 2.84. The first-order chi connectivity index (χ1) is 14.7. The van der Waals surface area contributed by atoms with Crippen LogP contribution in [0, 0.1) is 5.82 Å². The van der Waals surface area contributed by atoms with Crippen LogP contribution in [0.2, 0.25) is 0 Å². The maximum absolute atomic E-state index is 14.1. The van der Waals surface area contributed by atoms with E-state index in [4.69, 9.17) is 4.74 Å². The molecule has 1 amide bonds. The molecule has 1 aromatic carbocycles. The van der Waals surface area contributed by atoms with Crippen LogP contribution in [0.5, 0.6) is 5.75 Å². The Hall–Kier alpha value is -3.54. The highest BCUT2D eigenvalue weighted by atomic mass is 19.4. The summed E-state index contributed by atoms with van der Waals surface area (Å²) in [6.07, 6.45) is -3.50. The molecular weight excluding hydrogens is 422 g/mol. The van der Waals surface area contributed by atoms with Crippen molar-refractivity contribution < 1.29 is 31.8 Å². The molecule has 2 heterocycles. The molecule has 8 nitrogen and oxygen atoms in total. The smallest absolute Gasteiger partial charge is 0.403 e. The summed E-state index contributed by atoms with van der Waals surface area (Å²) in [4.78, 5) is 17.1. The number of nitrogens with zero attached hydrogens (tertiary/aromatic N) is 4. The minimum Gasteiger partial charge on any atom is -0.403 e.